The molecule has 6 aliphatic carbocycles. The van der Waals surface area contributed by atoms with E-state index in [1.54, 1.807) is 6.08 Å². The number of allylic oxidation sites excluding steroid dienone is 2. The van der Waals surface area contributed by atoms with Crippen molar-refractivity contribution in [2.75, 3.05) is 0 Å². The van der Waals surface area contributed by atoms with Crippen LogP contribution in [0.2, 0.25) is 0 Å². The average molecular weight is 527 g/mol. The van der Waals surface area contributed by atoms with Crippen molar-refractivity contribution in [1.82, 2.24) is 0 Å². The molecule has 1 aliphatic heterocycles. The molecule has 7 aliphatic rings. The Morgan fingerprint density at radius 1 is 1.05 bits per heavy atom. The van der Waals surface area contributed by atoms with Gasteiger partial charge >= 0.3 is 0 Å². The zero-order chi connectivity index (χ0) is 27.2. The van der Waals surface area contributed by atoms with Gasteiger partial charge in [0.2, 0.25) is 0 Å². The lowest BCUT2D eigenvalue weighted by molar-refractivity contribution is -0.198. The van der Waals surface area contributed by atoms with Gasteiger partial charge in [-0.3, -0.25) is 4.79 Å². The van der Waals surface area contributed by atoms with Crippen molar-refractivity contribution in [1.29, 1.82) is 0 Å². The molecule has 38 heavy (non-hydrogen) atoms. The van der Waals surface area contributed by atoms with Gasteiger partial charge in [-0.25, -0.2) is 0 Å². The van der Waals surface area contributed by atoms with Gasteiger partial charge in [-0.05, 0) is 91.6 Å². The molecule has 0 aromatic carbocycles. The van der Waals surface area contributed by atoms with Crippen LogP contribution < -0.4 is 0 Å². The third-order valence-corrected chi connectivity index (χ3v) is 14.0. The number of ether oxygens (including phenoxy) is 1. The summed E-state index contributed by atoms with van der Waals surface area (Å²) in [6, 6.07) is 0. The summed E-state index contributed by atoms with van der Waals surface area (Å²) in [4.78, 5) is 13.8. The van der Waals surface area contributed by atoms with E-state index in [1.165, 1.54) is 0 Å². The summed E-state index contributed by atoms with van der Waals surface area (Å²) >= 11 is 0. The van der Waals surface area contributed by atoms with Crippen molar-refractivity contribution < 1.29 is 30.0 Å². The van der Waals surface area contributed by atoms with E-state index in [2.05, 4.69) is 46.8 Å². The highest BCUT2D eigenvalue weighted by Gasteiger charge is 2.79. The van der Waals surface area contributed by atoms with Crippen molar-refractivity contribution in [3.05, 3.63) is 23.8 Å². The predicted molar refractivity (Wildman–Crippen MR) is 142 cm³/mol. The molecule has 6 nitrogen and oxygen atoms in total. The Morgan fingerprint density at radius 3 is 2.50 bits per heavy atom. The van der Waals surface area contributed by atoms with E-state index in [1.807, 2.05) is 0 Å². The largest absolute Gasteiger partial charge is 0.390 e. The monoisotopic (exact) mass is 526 g/mol. The van der Waals surface area contributed by atoms with E-state index in [-0.39, 0.29) is 48.1 Å². The topological polar surface area (TPSA) is 111 Å². The van der Waals surface area contributed by atoms with Crippen LogP contribution in [0.3, 0.4) is 0 Å². The minimum atomic E-state index is -1.21. The van der Waals surface area contributed by atoms with Crippen LogP contribution in [-0.2, 0) is 9.53 Å². The maximum atomic E-state index is 13.8. The van der Waals surface area contributed by atoms with Gasteiger partial charge in [0, 0.05) is 16.7 Å². The summed E-state index contributed by atoms with van der Waals surface area (Å²) in [6.07, 6.45) is 8.59. The molecule has 1 saturated heterocycles. The van der Waals surface area contributed by atoms with Crippen LogP contribution in [0.15, 0.2) is 23.8 Å². The third kappa shape index (κ3) is 2.66. The van der Waals surface area contributed by atoms with Gasteiger partial charge in [-0.15, -0.1) is 0 Å². The second kappa shape index (κ2) is 7.61. The van der Waals surface area contributed by atoms with Crippen molar-refractivity contribution >= 4 is 5.78 Å². The van der Waals surface area contributed by atoms with E-state index in [0.717, 1.165) is 24.8 Å². The zero-order valence-electron chi connectivity index (χ0n) is 23.6. The van der Waals surface area contributed by atoms with Crippen molar-refractivity contribution in [2.45, 2.75) is 115 Å². The fourth-order valence-electron chi connectivity index (χ4n) is 11.5. The summed E-state index contributed by atoms with van der Waals surface area (Å²) in [5, 5.41) is 47.2. The number of carbonyl (C=O) groups is 1. The smallest absolute Gasteiger partial charge is 0.159 e. The molecule has 210 valence electrons. The molecule has 14 unspecified atom stereocenters. The highest BCUT2D eigenvalue weighted by Crippen LogP contribution is 2.79. The fourth-order valence-corrected chi connectivity index (χ4v) is 11.5. The Balaban J connectivity index is 1.35. The number of hydrogen-bond acceptors (Lipinski definition) is 6. The summed E-state index contributed by atoms with van der Waals surface area (Å²) < 4.78 is 6.24. The van der Waals surface area contributed by atoms with Gasteiger partial charge in [-0.1, -0.05) is 46.8 Å². The van der Waals surface area contributed by atoms with E-state index in [0.29, 0.717) is 31.1 Å². The Labute approximate surface area is 226 Å². The lowest BCUT2D eigenvalue weighted by Crippen LogP contribution is -2.68. The van der Waals surface area contributed by atoms with Crippen molar-refractivity contribution in [2.24, 2.45) is 51.8 Å². The van der Waals surface area contributed by atoms with E-state index >= 15 is 0 Å². The number of hydrogen-bond donors (Lipinski definition) is 4. The molecule has 1 spiro atoms. The third-order valence-electron chi connectivity index (χ3n) is 14.0. The van der Waals surface area contributed by atoms with Crippen molar-refractivity contribution in [3.8, 4) is 0 Å². The maximum absolute atomic E-state index is 13.8. The minimum Gasteiger partial charge on any atom is -0.390 e. The molecular formula is C32H46O6. The molecule has 0 radical (unpaired) electrons. The van der Waals surface area contributed by atoms with Crippen LogP contribution in [0.25, 0.3) is 0 Å². The highest BCUT2D eigenvalue weighted by atomic mass is 16.6. The number of aliphatic hydroxyl groups is 4. The fraction of sp³-hybridized carbons (Fsp3) is 0.844. The molecule has 0 bridgehead atoms. The first-order chi connectivity index (χ1) is 17.8. The molecule has 0 amide bonds. The van der Waals surface area contributed by atoms with Crippen molar-refractivity contribution in [3.63, 3.8) is 0 Å². The second-order valence-corrected chi connectivity index (χ2v) is 15.1. The molecule has 7 rings (SSSR count). The standard InChI is InChI=1S/C32H46O6/c1-16(2)17(3)26-27(38-26)31(36)10-6-7-18-15-30-11-8-19-25(35)22(34)13-20(29(19,30)5)21(33)14-24(30)32(37)12-9-23(31)28(18,32)4/h6-7,14,16-20,22-23,25-27,34-37H,8-13,15H2,1-5H3. The van der Waals surface area contributed by atoms with Crippen LogP contribution in [-0.4, -0.2) is 61.8 Å². The minimum absolute atomic E-state index is 0.00863. The lowest BCUT2D eigenvalue weighted by Gasteiger charge is -2.67. The number of carbonyl (C=O) groups excluding carboxylic acids is 1. The molecule has 5 fully saturated rings. The maximum Gasteiger partial charge on any atom is 0.159 e. The molecule has 4 N–H and O–H groups in total. The van der Waals surface area contributed by atoms with E-state index in [9.17, 15) is 25.2 Å². The molecule has 6 heteroatoms. The molecule has 1 heterocycles. The molecule has 14 atom stereocenters. The Hall–Kier alpha value is -1.05. The second-order valence-electron chi connectivity index (χ2n) is 15.1. The number of epoxide rings is 1. The van der Waals surface area contributed by atoms with Gasteiger partial charge in [0.1, 0.15) is 11.7 Å². The van der Waals surface area contributed by atoms with Crippen LogP contribution in [0.4, 0.5) is 0 Å². The van der Waals surface area contributed by atoms with Gasteiger partial charge < -0.3 is 25.2 Å². The molecule has 0 aromatic heterocycles. The summed E-state index contributed by atoms with van der Waals surface area (Å²) in [5.41, 5.74) is -2.94. The van der Waals surface area contributed by atoms with E-state index in [4.69, 9.17) is 4.74 Å². The molecule has 0 aromatic rings. The van der Waals surface area contributed by atoms with Crippen LogP contribution in [0, 0.1) is 51.8 Å². The quantitative estimate of drug-likeness (QED) is 0.331. The summed E-state index contributed by atoms with van der Waals surface area (Å²) in [5.74, 6) is 0.175. The highest BCUT2D eigenvalue weighted by molar-refractivity contribution is 5.95. The Morgan fingerprint density at radius 2 is 1.79 bits per heavy atom. The van der Waals surface area contributed by atoms with Crippen LogP contribution >= 0.6 is 0 Å². The number of ketones is 1. The van der Waals surface area contributed by atoms with Gasteiger partial charge in [0.15, 0.2) is 5.78 Å². The van der Waals surface area contributed by atoms with Gasteiger partial charge in [0.05, 0.1) is 23.9 Å². The molecular weight excluding hydrogens is 480 g/mol. The van der Waals surface area contributed by atoms with Gasteiger partial charge in [-0.2, -0.15) is 0 Å². The number of fused-ring (bicyclic) bond motifs is 1. The van der Waals surface area contributed by atoms with E-state index < -0.39 is 39.7 Å². The molecule has 4 saturated carbocycles. The summed E-state index contributed by atoms with van der Waals surface area (Å²) in [6.45, 7) is 10.9. The normalized spacial score (nSPS) is 59.1. The average Bonchev–Trinajstić information content (AvgIpc) is 3.55. The van der Waals surface area contributed by atoms with Crippen LogP contribution in [0.5, 0.6) is 0 Å². The summed E-state index contributed by atoms with van der Waals surface area (Å²) in [7, 11) is 0. The lowest BCUT2D eigenvalue weighted by atomic mass is 9.38. The van der Waals surface area contributed by atoms with Gasteiger partial charge in [0.25, 0.3) is 0 Å². The Bertz CT molecular complexity index is 1130. The predicted octanol–water partition coefficient (Wildman–Crippen LogP) is 3.56. The first kappa shape index (κ1) is 25.9. The first-order valence-corrected chi connectivity index (χ1v) is 15.2. The Kier molecular flexibility index (Phi) is 5.19. The van der Waals surface area contributed by atoms with Crippen LogP contribution in [0.1, 0.15) is 79.6 Å². The number of aliphatic hydroxyl groups excluding tert-OH is 2. The number of rotatable bonds is 3. The SMILES string of the molecule is CC(C)C(C)C1OC1C1(O)CC=CC2CC34CCC5C(O)C(O)CC(C(=O)C=C3C3(O)CCC1C23C)C54C. The zero-order valence-corrected chi connectivity index (χ0v) is 23.6. The first-order valence-electron chi connectivity index (χ1n) is 15.2.